The van der Waals surface area contributed by atoms with Crippen molar-refractivity contribution in [1.29, 1.82) is 0 Å². The lowest BCUT2D eigenvalue weighted by atomic mass is 10.0. The molecule has 4 nitrogen and oxygen atoms in total. The van der Waals surface area contributed by atoms with Crippen molar-refractivity contribution < 1.29 is 10.2 Å². The van der Waals surface area contributed by atoms with Gasteiger partial charge >= 0.3 is 0 Å². The lowest BCUT2D eigenvalue weighted by molar-refractivity contribution is 0.199. The van der Waals surface area contributed by atoms with Crippen LogP contribution < -0.4 is 0 Å². The summed E-state index contributed by atoms with van der Waals surface area (Å²) in [5, 5.41) is 21.7. The van der Waals surface area contributed by atoms with E-state index in [0.717, 1.165) is 11.1 Å². The zero-order valence-corrected chi connectivity index (χ0v) is 9.65. The van der Waals surface area contributed by atoms with Gasteiger partial charge in [0.05, 0.1) is 11.9 Å². The van der Waals surface area contributed by atoms with E-state index in [1.165, 1.54) is 0 Å². The minimum Gasteiger partial charge on any atom is -0.512 e. The first-order valence-corrected chi connectivity index (χ1v) is 5.58. The molecule has 0 amide bonds. The molecule has 0 radical (unpaired) electrons. The molecule has 18 heavy (non-hydrogen) atoms. The van der Waals surface area contributed by atoms with Crippen LogP contribution in [-0.4, -0.2) is 16.3 Å². The van der Waals surface area contributed by atoms with Crippen LogP contribution in [0.5, 0.6) is 0 Å². The Labute approximate surface area is 105 Å². The molecule has 1 aliphatic carbocycles. The second-order valence-electron chi connectivity index (χ2n) is 4.09. The Kier molecular flexibility index (Phi) is 3.69. The van der Waals surface area contributed by atoms with Gasteiger partial charge in [0.25, 0.3) is 0 Å². The molecule has 0 saturated carbocycles. The Morgan fingerprint density at radius 3 is 2.56 bits per heavy atom. The molecule has 1 unspecified atom stereocenters. The van der Waals surface area contributed by atoms with Crippen molar-refractivity contribution in [3.8, 4) is 0 Å². The molecule has 1 aromatic rings. The van der Waals surface area contributed by atoms with Gasteiger partial charge in [0, 0.05) is 6.42 Å². The van der Waals surface area contributed by atoms with Gasteiger partial charge in [0.1, 0.15) is 5.69 Å². The first-order valence-electron chi connectivity index (χ1n) is 5.58. The SMILES string of the molecule is O=Nc1ccc(/C=C/C2=CC(O)CC(O)=C2)cc1. The van der Waals surface area contributed by atoms with Crippen LogP contribution in [0.4, 0.5) is 5.69 Å². The largest absolute Gasteiger partial charge is 0.512 e. The number of nitroso groups, excluding NO2 is 1. The standard InChI is InChI=1S/C14H13NO3/c16-13-7-11(8-14(17)9-13)2-1-10-3-5-12(15-18)6-4-10/h1-8,13,16-17H,9H2/b2-1+. The van der Waals surface area contributed by atoms with Crippen LogP contribution >= 0.6 is 0 Å². The minimum absolute atomic E-state index is 0.171. The summed E-state index contributed by atoms with van der Waals surface area (Å²) in [5.74, 6) is 0.171. The van der Waals surface area contributed by atoms with E-state index in [2.05, 4.69) is 5.18 Å². The van der Waals surface area contributed by atoms with Gasteiger partial charge in [0.15, 0.2) is 0 Å². The van der Waals surface area contributed by atoms with Crippen LogP contribution in [0.25, 0.3) is 6.08 Å². The molecule has 2 N–H and O–H groups in total. The summed E-state index contributed by atoms with van der Waals surface area (Å²) in [6.07, 6.45) is 6.54. The third-order valence-corrected chi connectivity index (χ3v) is 2.60. The molecule has 1 atom stereocenters. The van der Waals surface area contributed by atoms with Gasteiger partial charge in [-0.3, -0.25) is 0 Å². The molecule has 0 aromatic heterocycles. The number of hydrogen-bond donors (Lipinski definition) is 2. The average Bonchev–Trinajstić information content (AvgIpc) is 2.36. The fraction of sp³-hybridized carbons (Fsp3) is 0.143. The number of benzene rings is 1. The van der Waals surface area contributed by atoms with Crippen LogP contribution in [-0.2, 0) is 0 Å². The van der Waals surface area contributed by atoms with E-state index in [-0.39, 0.29) is 12.2 Å². The van der Waals surface area contributed by atoms with Crippen molar-refractivity contribution >= 4 is 11.8 Å². The third kappa shape index (κ3) is 3.15. The molecule has 0 fully saturated rings. The van der Waals surface area contributed by atoms with E-state index < -0.39 is 6.10 Å². The fourth-order valence-electron chi connectivity index (χ4n) is 1.74. The summed E-state index contributed by atoms with van der Waals surface area (Å²) in [6.45, 7) is 0. The van der Waals surface area contributed by atoms with E-state index in [0.29, 0.717) is 5.69 Å². The summed E-state index contributed by atoms with van der Waals surface area (Å²) >= 11 is 0. The van der Waals surface area contributed by atoms with Crippen molar-refractivity contribution in [3.63, 3.8) is 0 Å². The molecule has 1 aromatic carbocycles. The quantitative estimate of drug-likeness (QED) is 0.801. The molecule has 0 spiro atoms. The predicted octanol–water partition coefficient (Wildman–Crippen LogP) is 3.23. The highest BCUT2D eigenvalue weighted by atomic mass is 16.3. The summed E-state index contributed by atoms with van der Waals surface area (Å²) in [7, 11) is 0. The first kappa shape index (κ1) is 12.3. The van der Waals surface area contributed by atoms with Crippen LogP contribution in [0, 0.1) is 4.91 Å². The van der Waals surface area contributed by atoms with Crippen molar-refractivity contribution in [2.45, 2.75) is 12.5 Å². The predicted molar refractivity (Wildman–Crippen MR) is 70.3 cm³/mol. The molecule has 0 aliphatic heterocycles. The monoisotopic (exact) mass is 243 g/mol. The molecular weight excluding hydrogens is 230 g/mol. The zero-order chi connectivity index (χ0) is 13.0. The summed E-state index contributed by atoms with van der Waals surface area (Å²) in [6, 6.07) is 6.81. The number of aliphatic hydroxyl groups is 2. The summed E-state index contributed by atoms with van der Waals surface area (Å²) in [5.41, 5.74) is 2.05. The molecule has 0 bridgehead atoms. The maximum atomic E-state index is 10.3. The molecule has 1 aliphatic rings. The second-order valence-corrected chi connectivity index (χ2v) is 4.09. The van der Waals surface area contributed by atoms with Gasteiger partial charge < -0.3 is 10.2 Å². The average molecular weight is 243 g/mol. The van der Waals surface area contributed by atoms with Crippen molar-refractivity contribution in [1.82, 2.24) is 0 Å². The van der Waals surface area contributed by atoms with Gasteiger partial charge in [-0.2, -0.15) is 0 Å². The number of rotatable bonds is 3. The maximum absolute atomic E-state index is 10.3. The zero-order valence-electron chi connectivity index (χ0n) is 9.65. The number of hydrogen-bond acceptors (Lipinski definition) is 4. The smallest absolute Gasteiger partial charge is 0.108 e. The topological polar surface area (TPSA) is 69.9 Å². The first-order chi connectivity index (χ1) is 8.67. The van der Waals surface area contributed by atoms with E-state index in [4.69, 9.17) is 0 Å². The highest BCUT2D eigenvalue weighted by Gasteiger charge is 2.09. The van der Waals surface area contributed by atoms with E-state index in [9.17, 15) is 15.1 Å². The molecule has 0 saturated heterocycles. The maximum Gasteiger partial charge on any atom is 0.108 e. The molecule has 2 rings (SSSR count). The Bertz CT molecular complexity index is 526. The van der Waals surface area contributed by atoms with Crippen LogP contribution in [0.15, 0.2) is 59.0 Å². The number of aliphatic hydroxyl groups excluding tert-OH is 2. The van der Waals surface area contributed by atoms with Crippen molar-refractivity contribution in [2.24, 2.45) is 5.18 Å². The Morgan fingerprint density at radius 2 is 1.94 bits per heavy atom. The molecular formula is C14H13NO3. The number of allylic oxidation sites excluding steroid dienone is 3. The second kappa shape index (κ2) is 5.42. The Morgan fingerprint density at radius 1 is 1.22 bits per heavy atom. The molecule has 92 valence electrons. The van der Waals surface area contributed by atoms with E-state index in [1.54, 1.807) is 42.5 Å². The highest BCUT2D eigenvalue weighted by molar-refractivity contribution is 5.57. The normalized spacial score (nSPS) is 19.5. The fourth-order valence-corrected chi connectivity index (χ4v) is 1.74. The summed E-state index contributed by atoms with van der Waals surface area (Å²) < 4.78 is 0. The molecule has 0 heterocycles. The Hall–Kier alpha value is -2.20. The van der Waals surface area contributed by atoms with Gasteiger partial charge in [-0.25, -0.2) is 0 Å². The third-order valence-electron chi connectivity index (χ3n) is 2.60. The van der Waals surface area contributed by atoms with Crippen LogP contribution in [0.2, 0.25) is 0 Å². The van der Waals surface area contributed by atoms with Gasteiger partial charge in [-0.15, -0.1) is 4.91 Å². The van der Waals surface area contributed by atoms with Gasteiger partial charge in [-0.05, 0) is 40.6 Å². The minimum atomic E-state index is -0.642. The van der Waals surface area contributed by atoms with Gasteiger partial charge in [-0.1, -0.05) is 24.3 Å². The van der Waals surface area contributed by atoms with Crippen molar-refractivity contribution in [3.05, 3.63) is 64.3 Å². The lowest BCUT2D eigenvalue weighted by Crippen LogP contribution is -2.08. The Balaban J connectivity index is 2.12. The van der Waals surface area contributed by atoms with E-state index in [1.807, 2.05) is 6.08 Å². The molecule has 4 heteroatoms. The summed E-state index contributed by atoms with van der Waals surface area (Å²) in [4.78, 5) is 10.3. The van der Waals surface area contributed by atoms with Crippen LogP contribution in [0.3, 0.4) is 0 Å². The number of nitrogens with zero attached hydrogens (tertiary/aromatic N) is 1. The van der Waals surface area contributed by atoms with Crippen LogP contribution in [0.1, 0.15) is 12.0 Å². The van der Waals surface area contributed by atoms with Crippen molar-refractivity contribution in [2.75, 3.05) is 0 Å². The van der Waals surface area contributed by atoms with Gasteiger partial charge in [0.2, 0.25) is 0 Å². The lowest BCUT2D eigenvalue weighted by Gasteiger charge is -2.11. The highest BCUT2D eigenvalue weighted by Crippen LogP contribution is 2.18. The van der Waals surface area contributed by atoms with E-state index >= 15 is 0 Å².